The van der Waals surface area contributed by atoms with Crippen LogP contribution in [-0.4, -0.2) is 38.5 Å². The van der Waals surface area contributed by atoms with Crippen LogP contribution in [0, 0.1) is 5.92 Å². The zero-order valence-corrected chi connectivity index (χ0v) is 10.5. The van der Waals surface area contributed by atoms with Crippen molar-refractivity contribution in [1.82, 2.24) is 0 Å². The SMILES string of the molecule is COC(=O)C1CCC(OC2CCOCC2)CC1. The van der Waals surface area contributed by atoms with Crippen molar-refractivity contribution < 1.29 is 19.0 Å². The predicted molar refractivity (Wildman–Crippen MR) is 62.7 cm³/mol. The van der Waals surface area contributed by atoms with E-state index in [1.807, 2.05) is 0 Å². The molecule has 0 aromatic heterocycles. The first-order chi connectivity index (χ1) is 8.29. The van der Waals surface area contributed by atoms with Crippen molar-refractivity contribution in [2.24, 2.45) is 5.92 Å². The van der Waals surface area contributed by atoms with E-state index in [0.717, 1.165) is 51.7 Å². The van der Waals surface area contributed by atoms with Gasteiger partial charge in [0.2, 0.25) is 0 Å². The van der Waals surface area contributed by atoms with Gasteiger partial charge in [-0.1, -0.05) is 0 Å². The van der Waals surface area contributed by atoms with E-state index in [2.05, 4.69) is 0 Å². The molecule has 0 unspecified atom stereocenters. The van der Waals surface area contributed by atoms with Crippen LogP contribution in [0.1, 0.15) is 38.5 Å². The van der Waals surface area contributed by atoms with Crippen molar-refractivity contribution in [3.05, 3.63) is 0 Å². The van der Waals surface area contributed by atoms with Crippen molar-refractivity contribution in [1.29, 1.82) is 0 Å². The lowest BCUT2D eigenvalue weighted by atomic mass is 9.87. The Kier molecular flexibility index (Phi) is 4.80. The number of hydrogen-bond donors (Lipinski definition) is 0. The minimum Gasteiger partial charge on any atom is -0.469 e. The average molecular weight is 242 g/mol. The van der Waals surface area contributed by atoms with Crippen LogP contribution in [0.3, 0.4) is 0 Å². The van der Waals surface area contributed by atoms with Crippen molar-refractivity contribution in [2.75, 3.05) is 20.3 Å². The molecule has 0 bridgehead atoms. The molecular weight excluding hydrogens is 220 g/mol. The van der Waals surface area contributed by atoms with Crippen molar-refractivity contribution in [3.63, 3.8) is 0 Å². The van der Waals surface area contributed by atoms with E-state index >= 15 is 0 Å². The Labute approximate surface area is 103 Å². The van der Waals surface area contributed by atoms with Gasteiger partial charge in [-0.15, -0.1) is 0 Å². The van der Waals surface area contributed by atoms with Crippen LogP contribution in [-0.2, 0) is 19.0 Å². The topological polar surface area (TPSA) is 44.8 Å². The van der Waals surface area contributed by atoms with Gasteiger partial charge in [-0.3, -0.25) is 4.79 Å². The quantitative estimate of drug-likeness (QED) is 0.709. The lowest BCUT2D eigenvalue weighted by Crippen LogP contribution is -2.32. The Balaban J connectivity index is 1.69. The van der Waals surface area contributed by atoms with E-state index in [1.165, 1.54) is 7.11 Å². The van der Waals surface area contributed by atoms with E-state index < -0.39 is 0 Å². The summed E-state index contributed by atoms with van der Waals surface area (Å²) in [5.74, 6) is 0.0315. The number of esters is 1. The fourth-order valence-corrected chi connectivity index (χ4v) is 2.69. The molecule has 0 amide bonds. The second-order valence-corrected chi connectivity index (χ2v) is 4.94. The van der Waals surface area contributed by atoms with Gasteiger partial charge < -0.3 is 14.2 Å². The predicted octanol–water partition coefficient (Wildman–Crippen LogP) is 1.91. The maximum Gasteiger partial charge on any atom is 0.308 e. The molecule has 2 fully saturated rings. The lowest BCUT2D eigenvalue weighted by molar-refractivity contribution is -0.148. The minimum absolute atomic E-state index is 0.0606. The van der Waals surface area contributed by atoms with Gasteiger partial charge in [0.15, 0.2) is 0 Å². The van der Waals surface area contributed by atoms with Gasteiger partial charge in [-0.25, -0.2) is 0 Å². The standard InChI is InChI=1S/C13H22O4/c1-15-13(14)10-2-4-11(5-3-10)17-12-6-8-16-9-7-12/h10-12H,2-9H2,1H3. The van der Waals surface area contributed by atoms with Crippen molar-refractivity contribution >= 4 is 5.97 Å². The smallest absolute Gasteiger partial charge is 0.308 e. The molecule has 2 aliphatic rings. The number of methoxy groups -OCH3 is 1. The second kappa shape index (κ2) is 6.36. The molecule has 0 spiro atoms. The van der Waals surface area contributed by atoms with Crippen LogP contribution < -0.4 is 0 Å². The molecule has 17 heavy (non-hydrogen) atoms. The molecule has 1 saturated carbocycles. The Morgan fingerprint density at radius 1 is 1.00 bits per heavy atom. The van der Waals surface area contributed by atoms with Gasteiger partial charge in [0, 0.05) is 13.2 Å². The van der Waals surface area contributed by atoms with Crippen LogP contribution >= 0.6 is 0 Å². The van der Waals surface area contributed by atoms with E-state index in [1.54, 1.807) is 0 Å². The summed E-state index contributed by atoms with van der Waals surface area (Å²) < 4.78 is 16.2. The Hall–Kier alpha value is -0.610. The van der Waals surface area contributed by atoms with Crippen molar-refractivity contribution in [3.8, 4) is 0 Å². The van der Waals surface area contributed by atoms with Gasteiger partial charge in [-0.05, 0) is 38.5 Å². The number of rotatable bonds is 3. The number of carbonyl (C=O) groups is 1. The van der Waals surface area contributed by atoms with Gasteiger partial charge in [0.25, 0.3) is 0 Å². The lowest BCUT2D eigenvalue weighted by Gasteiger charge is -2.31. The monoisotopic (exact) mass is 242 g/mol. The highest BCUT2D eigenvalue weighted by molar-refractivity contribution is 5.72. The first-order valence-electron chi connectivity index (χ1n) is 6.60. The largest absolute Gasteiger partial charge is 0.469 e. The third-order valence-electron chi connectivity index (χ3n) is 3.76. The summed E-state index contributed by atoms with van der Waals surface area (Å²) in [6.07, 6.45) is 6.49. The Bertz CT molecular complexity index is 240. The molecule has 4 heteroatoms. The van der Waals surface area contributed by atoms with Crippen LogP contribution in [0.5, 0.6) is 0 Å². The average Bonchev–Trinajstić information content (AvgIpc) is 2.40. The number of hydrogen-bond acceptors (Lipinski definition) is 4. The second-order valence-electron chi connectivity index (χ2n) is 4.94. The van der Waals surface area contributed by atoms with E-state index in [0.29, 0.717) is 12.2 Å². The highest BCUT2D eigenvalue weighted by Gasteiger charge is 2.29. The van der Waals surface area contributed by atoms with Crippen LogP contribution in [0.4, 0.5) is 0 Å². The molecule has 0 radical (unpaired) electrons. The molecule has 0 atom stereocenters. The molecule has 1 aliphatic heterocycles. The molecule has 1 saturated heterocycles. The summed E-state index contributed by atoms with van der Waals surface area (Å²) in [5.41, 5.74) is 0. The van der Waals surface area contributed by atoms with E-state index in [-0.39, 0.29) is 11.9 Å². The molecular formula is C13H22O4. The minimum atomic E-state index is -0.0606. The molecule has 0 N–H and O–H groups in total. The third kappa shape index (κ3) is 3.68. The maximum absolute atomic E-state index is 11.4. The summed E-state index contributed by atoms with van der Waals surface area (Å²) in [4.78, 5) is 11.4. The van der Waals surface area contributed by atoms with Crippen molar-refractivity contribution in [2.45, 2.75) is 50.7 Å². The van der Waals surface area contributed by atoms with E-state index in [9.17, 15) is 4.79 Å². The fraction of sp³-hybridized carbons (Fsp3) is 0.923. The summed E-state index contributed by atoms with van der Waals surface area (Å²) in [5, 5.41) is 0. The molecule has 1 aliphatic carbocycles. The zero-order valence-electron chi connectivity index (χ0n) is 10.5. The van der Waals surface area contributed by atoms with Gasteiger partial charge in [0.1, 0.15) is 0 Å². The van der Waals surface area contributed by atoms with Gasteiger partial charge in [0.05, 0.1) is 25.2 Å². The molecule has 2 rings (SSSR count). The maximum atomic E-state index is 11.4. The Morgan fingerprint density at radius 2 is 1.59 bits per heavy atom. The summed E-state index contributed by atoms with van der Waals surface area (Å²) in [6, 6.07) is 0. The summed E-state index contributed by atoms with van der Waals surface area (Å²) in [6.45, 7) is 1.64. The number of carbonyl (C=O) groups excluding carboxylic acids is 1. The fourth-order valence-electron chi connectivity index (χ4n) is 2.69. The van der Waals surface area contributed by atoms with Crippen LogP contribution in [0.15, 0.2) is 0 Å². The van der Waals surface area contributed by atoms with Gasteiger partial charge in [-0.2, -0.15) is 0 Å². The molecule has 4 nitrogen and oxygen atoms in total. The third-order valence-corrected chi connectivity index (χ3v) is 3.76. The first kappa shape index (κ1) is 12.8. The summed E-state index contributed by atoms with van der Waals surface area (Å²) >= 11 is 0. The van der Waals surface area contributed by atoms with Crippen LogP contribution in [0.25, 0.3) is 0 Å². The first-order valence-corrected chi connectivity index (χ1v) is 6.60. The normalized spacial score (nSPS) is 31.1. The summed E-state index contributed by atoms with van der Waals surface area (Å²) in [7, 11) is 1.47. The highest BCUT2D eigenvalue weighted by atomic mass is 16.5. The van der Waals surface area contributed by atoms with Gasteiger partial charge >= 0.3 is 5.97 Å². The molecule has 98 valence electrons. The van der Waals surface area contributed by atoms with Crippen LogP contribution in [0.2, 0.25) is 0 Å². The molecule has 0 aromatic carbocycles. The Morgan fingerprint density at radius 3 is 2.18 bits per heavy atom. The molecule has 1 heterocycles. The number of ether oxygens (including phenoxy) is 3. The zero-order chi connectivity index (χ0) is 12.1. The highest BCUT2D eigenvalue weighted by Crippen LogP contribution is 2.29. The van der Waals surface area contributed by atoms with E-state index in [4.69, 9.17) is 14.2 Å². The molecule has 0 aromatic rings.